The summed E-state index contributed by atoms with van der Waals surface area (Å²) < 4.78 is 2.65. The predicted molar refractivity (Wildman–Crippen MR) is 207 cm³/mol. The maximum Gasteiger partial charge on any atom is 0.239 e. The van der Waals surface area contributed by atoms with E-state index in [1.165, 1.54) is 83.2 Å². The number of allylic oxidation sites excluding steroid dienone is 6. The van der Waals surface area contributed by atoms with Gasteiger partial charge >= 0.3 is 0 Å². The van der Waals surface area contributed by atoms with Crippen molar-refractivity contribution in [1.29, 1.82) is 0 Å². The predicted octanol–water partition coefficient (Wildman–Crippen LogP) is 11.1. The summed E-state index contributed by atoms with van der Waals surface area (Å²) in [5, 5.41) is 2.74. The SMILES string of the molecule is C/C=C\C=C/C1=CC23c4c(ccc5c4-c4c(ccc6ccc(c2c46)C(c2ccccc2)c2cccc[n+]23)C5c2ccccc2)C1c1ccccc1. The molecule has 0 fully saturated rings. The first-order valence-electron chi connectivity index (χ1n) is 18.2. The van der Waals surface area contributed by atoms with Gasteiger partial charge in [-0.1, -0.05) is 158 Å². The first-order valence-corrected chi connectivity index (χ1v) is 18.2. The molecule has 1 spiro atoms. The molecule has 0 radical (unpaired) electrons. The Balaban J connectivity index is 1.36. The van der Waals surface area contributed by atoms with Crippen molar-refractivity contribution in [3.8, 4) is 11.1 Å². The summed E-state index contributed by atoms with van der Waals surface area (Å²) >= 11 is 0. The molecule has 2 heterocycles. The Morgan fingerprint density at radius 3 is 1.78 bits per heavy atom. The van der Waals surface area contributed by atoms with E-state index in [9.17, 15) is 0 Å². The number of rotatable bonds is 5. The summed E-state index contributed by atoms with van der Waals surface area (Å²) in [7, 11) is 0. The number of nitrogens with zero attached hydrogens (tertiary/aromatic N) is 1. The molecule has 4 atom stereocenters. The van der Waals surface area contributed by atoms with Crippen LogP contribution >= 0.6 is 0 Å². The molecule has 1 heteroatoms. The van der Waals surface area contributed by atoms with Crippen molar-refractivity contribution < 1.29 is 4.57 Å². The van der Waals surface area contributed by atoms with Crippen molar-refractivity contribution in [2.45, 2.75) is 30.2 Å². The van der Waals surface area contributed by atoms with Gasteiger partial charge in [-0.25, -0.2) is 0 Å². The lowest BCUT2D eigenvalue weighted by molar-refractivity contribution is -0.742. The molecule has 1 nitrogen and oxygen atoms in total. The zero-order valence-electron chi connectivity index (χ0n) is 28.5. The summed E-state index contributed by atoms with van der Waals surface area (Å²) in [4.78, 5) is 0. The minimum atomic E-state index is -0.532. The van der Waals surface area contributed by atoms with Gasteiger partial charge in [0.15, 0.2) is 11.9 Å². The van der Waals surface area contributed by atoms with E-state index in [0.29, 0.717) is 0 Å². The minimum Gasteiger partial charge on any atom is -0.184 e. The van der Waals surface area contributed by atoms with Crippen LogP contribution in [0.5, 0.6) is 0 Å². The molecule has 240 valence electrons. The van der Waals surface area contributed by atoms with Crippen LogP contribution in [0.4, 0.5) is 0 Å². The molecule has 3 aliphatic carbocycles. The summed E-state index contributed by atoms with van der Waals surface area (Å²) in [5.41, 5.74) is 17.6. The number of fused-ring (bicyclic) bond motifs is 1. The fourth-order valence-electron chi connectivity index (χ4n) is 10.3. The fraction of sp³-hybridized carbons (Fsp3) is 0.100. The van der Waals surface area contributed by atoms with Crippen molar-refractivity contribution in [3.63, 3.8) is 0 Å². The average molecular weight is 651 g/mol. The largest absolute Gasteiger partial charge is 0.239 e. The average Bonchev–Trinajstić information content (AvgIpc) is 3.54. The summed E-state index contributed by atoms with van der Waals surface area (Å²) in [6.45, 7) is 2.09. The quantitative estimate of drug-likeness (QED) is 0.129. The van der Waals surface area contributed by atoms with Gasteiger partial charge in [0.2, 0.25) is 5.54 Å². The monoisotopic (exact) mass is 650 g/mol. The van der Waals surface area contributed by atoms with Gasteiger partial charge in [-0.2, -0.15) is 4.57 Å². The molecule has 1 aromatic heterocycles. The van der Waals surface area contributed by atoms with E-state index in [1.807, 2.05) is 0 Å². The van der Waals surface area contributed by atoms with Gasteiger partial charge in [0, 0.05) is 46.6 Å². The summed E-state index contributed by atoms with van der Waals surface area (Å²) in [6, 6.07) is 54.9. The van der Waals surface area contributed by atoms with E-state index in [2.05, 4.69) is 194 Å². The minimum absolute atomic E-state index is 0.102. The van der Waals surface area contributed by atoms with E-state index in [0.717, 1.165) is 0 Å². The highest BCUT2D eigenvalue weighted by Gasteiger charge is 2.60. The molecule has 51 heavy (non-hydrogen) atoms. The lowest BCUT2D eigenvalue weighted by Crippen LogP contribution is -2.64. The smallest absolute Gasteiger partial charge is 0.184 e. The van der Waals surface area contributed by atoms with Gasteiger partial charge in [-0.15, -0.1) is 0 Å². The van der Waals surface area contributed by atoms with Crippen LogP contribution < -0.4 is 4.57 Å². The Morgan fingerprint density at radius 2 is 1.08 bits per heavy atom. The van der Waals surface area contributed by atoms with Crippen LogP contribution in [0.2, 0.25) is 0 Å². The number of pyridine rings is 1. The van der Waals surface area contributed by atoms with Crippen molar-refractivity contribution in [2.75, 3.05) is 0 Å². The normalized spacial score (nSPS) is 21.7. The number of hydrogen-bond donors (Lipinski definition) is 0. The van der Waals surface area contributed by atoms with Crippen LogP contribution in [0.25, 0.3) is 21.9 Å². The Morgan fingerprint density at radius 1 is 0.510 bits per heavy atom. The number of hydrogen-bond acceptors (Lipinski definition) is 0. The van der Waals surface area contributed by atoms with Gasteiger partial charge in [0.1, 0.15) is 0 Å². The van der Waals surface area contributed by atoms with Crippen molar-refractivity contribution >= 4 is 10.8 Å². The van der Waals surface area contributed by atoms with Crippen LogP contribution in [-0.4, -0.2) is 0 Å². The third-order valence-electron chi connectivity index (χ3n) is 12.0. The van der Waals surface area contributed by atoms with Crippen LogP contribution in [0.3, 0.4) is 0 Å². The molecule has 4 aliphatic rings. The van der Waals surface area contributed by atoms with Crippen LogP contribution in [0, 0.1) is 0 Å². The van der Waals surface area contributed by atoms with E-state index in [4.69, 9.17) is 0 Å². The maximum absolute atomic E-state index is 2.65. The second-order valence-electron chi connectivity index (χ2n) is 14.5. The lowest BCUT2D eigenvalue weighted by atomic mass is 9.59. The third-order valence-corrected chi connectivity index (χ3v) is 12.0. The number of benzene rings is 6. The van der Waals surface area contributed by atoms with E-state index in [1.54, 1.807) is 0 Å². The zero-order chi connectivity index (χ0) is 33.7. The second kappa shape index (κ2) is 10.7. The Hall–Kier alpha value is -6.05. The van der Waals surface area contributed by atoms with Crippen LogP contribution in [0.1, 0.15) is 80.4 Å². The Bertz CT molecular complexity index is 2640. The molecule has 0 saturated heterocycles. The molecule has 0 amide bonds. The molecule has 11 rings (SSSR count). The fourth-order valence-corrected chi connectivity index (χ4v) is 10.3. The van der Waals surface area contributed by atoms with Gasteiger partial charge in [0.05, 0.1) is 5.92 Å². The second-order valence-corrected chi connectivity index (χ2v) is 14.5. The highest BCUT2D eigenvalue weighted by molar-refractivity contribution is 6.09. The Labute approximate surface area is 299 Å². The van der Waals surface area contributed by atoms with Crippen LogP contribution in [-0.2, 0) is 5.54 Å². The molecule has 0 bridgehead atoms. The first kappa shape index (κ1) is 28.8. The summed E-state index contributed by atoms with van der Waals surface area (Å²) in [5.74, 6) is 0.389. The van der Waals surface area contributed by atoms with Gasteiger partial charge in [-0.3, -0.25) is 0 Å². The third kappa shape index (κ3) is 3.73. The highest BCUT2D eigenvalue weighted by atomic mass is 15.1. The topological polar surface area (TPSA) is 3.88 Å². The molecule has 0 saturated carbocycles. The maximum atomic E-state index is 2.65. The van der Waals surface area contributed by atoms with Crippen molar-refractivity contribution in [3.05, 3.63) is 244 Å². The molecular formula is C50H36N+. The molecule has 6 aromatic carbocycles. The van der Waals surface area contributed by atoms with Crippen molar-refractivity contribution in [2.24, 2.45) is 0 Å². The lowest BCUT2D eigenvalue weighted by Gasteiger charge is -2.45. The summed E-state index contributed by atoms with van der Waals surface area (Å²) in [6.07, 6.45) is 13.9. The highest BCUT2D eigenvalue weighted by Crippen LogP contribution is 2.64. The molecule has 1 aliphatic heterocycles. The van der Waals surface area contributed by atoms with Crippen LogP contribution in [0.15, 0.2) is 188 Å². The number of aromatic nitrogens is 1. The molecule has 0 N–H and O–H groups in total. The van der Waals surface area contributed by atoms with E-state index in [-0.39, 0.29) is 17.8 Å². The standard InChI is InChI=1S/C50H36N/c1-2-3-7-22-36-31-50-48-40(44(34-20-12-6-13-21-34)41-23-14-15-30-51(41)50)27-25-35-24-26-37-43(33-18-10-5-11-19-33)38-28-29-39(42(36)32-16-8-4-9-17-32)49(50)47(38)46(37)45(35)48/h2-31,42-44H,1H3/q+1/b3-2-,22-7-. The molecule has 7 aromatic rings. The first-order chi connectivity index (χ1) is 25.3. The van der Waals surface area contributed by atoms with Crippen molar-refractivity contribution in [1.82, 2.24) is 0 Å². The van der Waals surface area contributed by atoms with E-state index >= 15 is 0 Å². The Kier molecular flexibility index (Phi) is 6.05. The van der Waals surface area contributed by atoms with E-state index < -0.39 is 5.54 Å². The zero-order valence-corrected chi connectivity index (χ0v) is 28.5. The van der Waals surface area contributed by atoms with Gasteiger partial charge < -0.3 is 0 Å². The van der Waals surface area contributed by atoms with Gasteiger partial charge in [0.25, 0.3) is 0 Å². The molecular weight excluding hydrogens is 615 g/mol. The van der Waals surface area contributed by atoms with Gasteiger partial charge in [-0.05, 0) is 68.0 Å². The molecule has 4 unspecified atom stereocenters.